The lowest BCUT2D eigenvalue weighted by Crippen LogP contribution is -2.50. The second kappa shape index (κ2) is 13.5. The lowest BCUT2D eigenvalue weighted by Gasteiger charge is -2.29. The molecule has 0 aliphatic carbocycles. The van der Waals surface area contributed by atoms with E-state index in [2.05, 4.69) is 34.4 Å². The second-order valence-electron chi connectivity index (χ2n) is 9.76. The molecule has 1 fully saturated rings. The summed E-state index contributed by atoms with van der Waals surface area (Å²) in [6, 6.07) is 13.5. The lowest BCUT2D eigenvalue weighted by molar-refractivity contribution is -0.134. The van der Waals surface area contributed by atoms with Crippen LogP contribution in [0.1, 0.15) is 61.3 Å². The number of carbonyl (C=O) groups excluding carboxylic acids is 4. The first kappa shape index (κ1) is 29.9. The van der Waals surface area contributed by atoms with E-state index in [1.807, 2.05) is 30.3 Å². The number of imide groups is 1. The minimum absolute atomic E-state index is 0.214. The molecule has 2 N–H and O–H groups in total. The van der Waals surface area contributed by atoms with E-state index < -0.39 is 35.8 Å². The summed E-state index contributed by atoms with van der Waals surface area (Å²) in [6.45, 7) is 10.6. The number of carbonyl (C=O) groups is 4. The van der Waals surface area contributed by atoms with Crippen molar-refractivity contribution < 1.29 is 23.9 Å². The van der Waals surface area contributed by atoms with Gasteiger partial charge in [0.1, 0.15) is 30.1 Å². The number of ether oxygens (including phenoxy) is 1. The summed E-state index contributed by atoms with van der Waals surface area (Å²) < 4.78 is 5.85. The molecule has 0 unspecified atom stereocenters. The zero-order valence-corrected chi connectivity index (χ0v) is 24.4. The number of nitrogens with zero attached hydrogens (tertiary/aromatic N) is 3. The van der Waals surface area contributed by atoms with E-state index in [1.165, 1.54) is 6.92 Å². The van der Waals surface area contributed by atoms with Crippen molar-refractivity contribution in [1.82, 2.24) is 20.1 Å². The maximum Gasteiger partial charge on any atom is 0.325 e. The average Bonchev–Trinajstić information content (AvgIpc) is 3.56. The number of Topliss-reactive ketones (excluding diaryl/α,β-unsaturated/α-hetero) is 1. The monoisotopic (exact) mass is 577 g/mol. The highest BCUT2D eigenvalue weighted by Gasteiger charge is 2.47. The van der Waals surface area contributed by atoms with Crippen LogP contribution in [0.2, 0.25) is 0 Å². The standard InChI is InChI=1S/C30H35N5O5S/c1-5-34(6-2)16-17-40-23-14-12-22(13-15-23)25-28(38)35(30(39)32-25)26(19(3)21-10-8-7-9-11-21)27(37)33-29-31-24(18-41-29)20(4)36/h7-15,18-19,25-26H,5-6,16-17H2,1-4H3,(H,32,39)(H,31,33,37)/t19-,25+,26-/m0/s1. The van der Waals surface area contributed by atoms with Crippen LogP contribution in [0, 0.1) is 0 Å². The van der Waals surface area contributed by atoms with Crippen molar-refractivity contribution in [2.45, 2.75) is 45.7 Å². The molecular formula is C30H35N5O5S. The van der Waals surface area contributed by atoms with Crippen molar-refractivity contribution in [2.24, 2.45) is 0 Å². The number of rotatable bonds is 13. The quantitative estimate of drug-likeness (QED) is 0.227. The molecule has 0 radical (unpaired) electrons. The lowest BCUT2D eigenvalue weighted by atomic mass is 9.91. The first-order chi connectivity index (χ1) is 19.7. The van der Waals surface area contributed by atoms with Crippen LogP contribution in [0.25, 0.3) is 0 Å². The molecule has 1 saturated heterocycles. The molecule has 4 rings (SSSR count). The van der Waals surface area contributed by atoms with Gasteiger partial charge in [-0.25, -0.2) is 14.7 Å². The average molecular weight is 578 g/mol. The van der Waals surface area contributed by atoms with Crippen LogP contribution in [-0.4, -0.2) is 70.7 Å². The number of hydrogen-bond acceptors (Lipinski definition) is 8. The zero-order valence-electron chi connectivity index (χ0n) is 23.6. The Labute approximate surface area is 243 Å². The molecule has 216 valence electrons. The molecule has 4 amide bonds. The van der Waals surface area contributed by atoms with Gasteiger partial charge in [-0.05, 0) is 36.3 Å². The summed E-state index contributed by atoms with van der Waals surface area (Å²) >= 11 is 1.10. The van der Waals surface area contributed by atoms with E-state index in [9.17, 15) is 19.2 Å². The van der Waals surface area contributed by atoms with Gasteiger partial charge in [0, 0.05) is 24.8 Å². The summed E-state index contributed by atoms with van der Waals surface area (Å²) in [5.41, 5.74) is 1.60. The molecule has 11 heteroatoms. The summed E-state index contributed by atoms with van der Waals surface area (Å²) in [6.07, 6.45) is 0. The van der Waals surface area contributed by atoms with Crippen molar-refractivity contribution in [3.63, 3.8) is 0 Å². The molecule has 1 aliphatic rings. The smallest absolute Gasteiger partial charge is 0.325 e. The largest absolute Gasteiger partial charge is 0.492 e. The molecule has 2 aromatic carbocycles. The number of anilines is 1. The van der Waals surface area contributed by atoms with E-state index >= 15 is 0 Å². The van der Waals surface area contributed by atoms with Crippen LogP contribution >= 0.6 is 11.3 Å². The predicted molar refractivity (Wildman–Crippen MR) is 157 cm³/mol. The number of ketones is 1. The minimum Gasteiger partial charge on any atom is -0.492 e. The van der Waals surface area contributed by atoms with E-state index in [0.29, 0.717) is 17.9 Å². The highest BCUT2D eigenvalue weighted by molar-refractivity contribution is 7.14. The summed E-state index contributed by atoms with van der Waals surface area (Å²) in [4.78, 5) is 59.7. The number of likely N-dealkylation sites (N-methyl/N-ethyl adjacent to an activating group) is 1. The third-order valence-electron chi connectivity index (χ3n) is 7.20. The van der Waals surface area contributed by atoms with Gasteiger partial charge >= 0.3 is 6.03 Å². The third kappa shape index (κ3) is 6.98. The molecule has 1 aliphatic heterocycles. The maximum atomic E-state index is 13.7. The predicted octanol–water partition coefficient (Wildman–Crippen LogP) is 4.47. The molecule has 0 saturated carbocycles. The van der Waals surface area contributed by atoms with Crippen molar-refractivity contribution in [1.29, 1.82) is 0 Å². The topological polar surface area (TPSA) is 121 Å². The number of thiazole rings is 1. The number of nitrogens with one attached hydrogen (secondary N) is 2. The maximum absolute atomic E-state index is 13.7. The van der Waals surface area contributed by atoms with Crippen LogP contribution in [-0.2, 0) is 9.59 Å². The van der Waals surface area contributed by atoms with Gasteiger partial charge in [-0.1, -0.05) is 63.2 Å². The normalized spacial score (nSPS) is 16.4. The van der Waals surface area contributed by atoms with Crippen LogP contribution in [0.5, 0.6) is 5.75 Å². The second-order valence-corrected chi connectivity index (χ2v) is 10.6. The summed E-state index contributed by atoms with van der Waals surface area (Å²) in [5.74, 6) is -1.20. The first-order valence-corrected chi connectivity index (χ1v) is 14.5. The molecule has 0 bridgehead atoms. The zero-order chi connectivity index (χ0) is 29.5. The summed E-state index contributed by atoms with van der Waals surface area (Å²) in [5, 5.41) is 7.21. The Hall–Kier alpha value is -4.09. The van der Waals surface area contributed by atoms with Gasteiger partial charge in [-0.2, -0.15) is 0 Å². The molecule has 1 aromatic heterocycles. The highest BCUT2D eigenvalue weighted by Crippen LogP contribution is 2.32. The number of amides is 4. The summed E-state index contributed by atoms with van der Waals surface area (Å²) in [7, 11) is 0. The highest BCUT2D eigenvalue weighted by atomic mass is 32.1. The number of benzene rings is 2. The van der Waals surface area contributed by atoms with Crippen LogP contribution in [0.4, 0.5) is 9.93 Å². The third-order valence-corrected chi connectivity index (χ3v) is 7.95. The van der Waals surface area contributed by atoms with Crippen LogP contribution in [0.3, 0.4) is 0 Å². The van der Waals surface area contributed by atoms with Gasteiger partial charge in [0.2, 0.25) is 5.91 Å². The number of hydrogen-bond donors (Lipinski definition) is 2. The van der Waals surface area contributed by atoms with Gasteiger partial charge in [0.15, 0.2) is 10.9 Å². The SMILES string of the molecule is CCN(CC)CCOc1ccc([C@H]2NC(=O)N([C@H](C(=O)Nc3nc(C(C)=O)cs3)[C@@H](C)c3ccccc3)C2=O)cc1. The molecule has 41 heavy (non-hydrogen) atoms. The Morgan fingerprint density at radius 2 is 1.78 bits per heavy atom. The first-order valence-electron chi connectivity index (χ1n) is 13.6. The molecule has 3 atom stereocenters. The van der Waals surface area contributed by atoms with E-state index in [1.54, 1.807) is 36.6 Å². The molecule has 10 nitrogen and oxygen atoms in total. The van der Waals surface area contributed by atoms with E-state index in [4.69, 9.17) is 4.74 Å². The Bertz CT molecular complexity index is 1370. The van der Waals surface area contributed by atoms with Crippen molar-refractivity contribution >= 4 is 40.1 Å². The fourth-order valence-corrected chi connectivity index (χ4v) is 5.50. The molecule has 0 spiro atoms. The van der Waals surface area contributed by atoms with Gasteiger partial charge in [0.05, 0.1) is 0 Å². The number of aromatic nitrogens is 1. The van der Waals surface area contributed by atoms with E-state index in [-0.39, 0.29) is 16.6 Å². The minimum atomic E-state index is -1.16. The Kier molecular flexibility index (Phi) is 9.85. The van der Waals surface area contributed by atoms with Crippen LogP contribution < -0.4 is 15.4 Å². The molecule has 2 heterocycles. The molecular weight excluding hydrogens is 542 g/mol. The number of urea groups is 1. The van der Waals surface area contributed by atoms with E-state index in [0.717, 1.165) is 41.4 Å². The fraction of sp³-hybridized carbons (Fsp3) is 0.367. The van der Waals surface area contributed by atoms with Crippen molar-refractivity contribution in [2.75, 3.05) is 31.6 Å². The molecule has 3 aromatic rings. The van der Waals surface area contributed by atoms with Crippen molar-refractivity contribution in [3.8, 4) is 5.75 Å². The van der Waals surface area contributed by atoms with Gasteiger partial charge in [-0.15, -0.1) is 11.3 Å². The van der Waals surface area contributed by atoms with Crippen LogP contribution in [0.15, 0.2) is 60.0 Å². The van der Waals surface area contributed by atoms with Gasteiger partial charge in [-0.3, -0.25) is 14.4 Å². The Morgan fingerprint density at radius 3 is 2.39 bits per heavy atom. The van der Waals surface area contributed by atoms with Crippen molar-refractivity contribution in [3.05, 3.63) is 76.8 Å². The van der Waals surface area contributed by atoms with Gasteiger partial charge in [0.25, 0.3) is 5.91 Å². The van der Waals surface area contributed by atoms with Gasteiger partial charge < -0.3 is 20.3 Å². The Morgan fingerprint density at radius 1 is 1.10 bits per heavy atom. The fourth-order valence-electron chi connectivity index (χ4n) is 4.75. The Balaban J connectivity index is 1.54.